The van der Waals surface area contributed by atoms with Crippen LogP contribution in [0.15, 0.2) is 83.8 Å². The van der Waals surface area contributed by atoms with Gasteiger partial charge >= 0.3 is 0 Å². The van der Waals surface area contributed by atoms with Crippen molar-refractivity contribution in [2.24, 2.45) is 5.92 Å². The number of benzene rings is 3. The third-order valence-corrected chi connectivity index (χ3v) is 7.53. The average Bonchev–Trinajstić information content (AvgIpc) is 3.28. The molecule has 156 valence electrons. The maximum Gasteiger partial charge on any atom is 0.269 e. The zero-order chi connectivity index (χ0) is 21.4. The van der Waals surface area contributed by atoms with Crippen LogP contribution in [0.4, 0.5) is 11.4 Å². The number of fused-ring (bicyclic) bond motifs is 3. The zero-order valence-electron chi connectivity index (χ0n) is 16.7. The number of hydrogen-bond acceptors (Lipinski definition) is 4. The van der Waals surface area contributed by atoms with Gasteiger partial charge < -0.3 is 5.32 Å². The lowest BCUT2D eigenvalue weighted by Crippen LogP contribution is -2.29. The summed E-state index contributed by atoms with van der Waals surface area (Å²) in [5.74, 6) is 1.47. The highest BCUT2D eigenvalue weighted by atomic mass is 35.5. The van der Waals surface area contributed by atoms with Crippen LogP contribution in [0, 0.1) is 16.0 Å². The van der Waals surface area contributed by atoms with Crippen LogP contribution < -0.4 is 5.32 Å². The van der Waals surface area contributed by atoms with Gasteiger partial charge in [0.05, 0.1) is 11.0 Å². The van der Waals surface area contributed by atoms with Crippen LogP contribution in [0.2, 0.25) is 5.02 Å². The minimum absolute atomic E-state index is 0.0653. The first-order valence-electron chi connectivity index (χ1n) is 10.3. The molecule has 3 atom stereocenters. The molecule has 1 aliphatic carbocycles. The molecule has 31 heavy (non-hydrogen) atoms. The molecule has 4 nitrogen and oxygen atoms in total. The lowest BCUT2D eigenvalue weighted by molar-refractivity contribution is -0.384. The molecule has 0 bridgehead atoms. The Balaban J connectivity index is 1.45. The number of non-ortho nitro benzene ring substituents is 1. The molecule has 2 aliphatic rings. The number of rotatable bonds is 5. The van der Waals surface area contributed by atoms with Crippen LogP contribution in [-0.4, -0.2) is 4.92 Å². The summed E-state index contributed by atoms with van der Waals surface area (Å²) in [7, 11) is 0. The molecule has 0 fully saturated rings. The monoisotopic (exact) mass is 448 g/mol. The second-order valence-electron chi connectivity index (χ2n) is 7.96. The van der Waals surface area contributed by atoms with E-state index in [1.54, 1.807) is 12.1 Å². The van der Waals surface area contributed by atoms with E-state index < -0.39 is 0 Å². The van der Waals surface area contributed by atoms with Crippen molar-refractivity contribution in [1.82, 2.24) is 0 Å². The third kappa shape index (κ3) is 3.95. The number of thioether (sulfide) groups is 1. The normalized spacial score (nSPS) is 21.3. The Morgan fingerprint density at radius 2 is 1.90 bits per heavy atom. The highest BCUT2D eigenvalue weighted by Crippen LogP contribution is 2.51. The summed E-state index contributed by atoms with van der Waals surface area (Å²) >= 11 is 8.32. The van der Waals surface area contributed by atoms with Gasteiger partial charge in [-0.3, -0.25) is 10.1 Å². The number of nitro groups is 1. The van der Waals surface area contributed by atoms with E-state index in [0.29, 0.717) is 5.02 Å². The van der Waals surface area contributed by atoms with Crippen molar-refractivity contribution < 1.29 is 4.92 Å². The topological polar surface area (TPSA) is 55.2 Å². The van der Waals surface area contributed by atoms with Gasteiger partial charge in [0, 0.05) is 45.0 Å². The number of allylic oxidation sites excluding steroid dienone is 2. The van der Waals surface area contributed by atoms with Crippen LogP contribution in [0.25, 0.3) is 0 Å². The first kappa shape index (κ1) is 20.2. The van der Waals surface area contributed by atoms with Gasteiger partial charge in [0.25, 0.3) is 5.69 Å². The summed E-state index contributed by atoms with van der Waals surface area (Å²) in [6.07, 6.45) is 5.41. The number of nitrogens with one attached hydrogen (secondary N) is 1. The molecule has 0 amide bonds. The predicted molar refractivity (Wildman–Crippen MR) is 127 cm³/mol. The standard InChI is InChI=1S/C25H21ClN2O2S/c26-23-11-10-17(28(29)30)14-22(23)25-20-8-4-7-19(20)21-13-16(9-12-24(21)27-25)15-31-18-5-2-1-3-6-18/h1-7,9-14,19-20,25,27H,8,15H2/t19-,20+,25-/m1/s1. The minimum Gasteiger partial charge on any atom is -0.378 e. The molecular weight excluding hydrogens is 428 g/mol. The van der Waals surface area contributed by atoms with Gasteiger partial charge in [0.1, 0.15) is 0 Å². The average molecular weight is 449 g/mol. The summed E-state index contributed by atoms with van der Waals surface area (Å²) in [5, 5.41) is 15.5. The molecular formula is C25H21ClN2O2S. The van der Waals surface area contributed by atoms with Crippen LogP contribution in [0.3, 0.4) is 0 Å². The van der Waals surface area contributed by atoms with E-state index in [1.807, 2.05) is 17.8 Å². The van der Waals surface area contributed by atoms with Gasteiger partial charge in [-0.15, -0.1) is 11.8 Å². The van der Waals surface area contributed by atoms with E-state index in [1.165, 1.54) is 22.1 Å². The largest absolute Gasteiger partial charge is 0.378 e. The van der Waals surface area contributed by atoms with Crippen molar-refractivity contribution in [3.63, 3.8) is 0 Å². The maximum absolute atomic E-state index is 11.3. The van der Waals surface area contributed by atoms with Gasteiger partial charge in [-0.1, -0.05) is 54.1 Å². The fraction of sp³-hybridized carbons (Fsp3) is 0.200. The van der Waals surface area contributed by atoms with Crippen LogP contribution in [0.5, 0.6) is 0 Å². The van der Waals surface area contributed by atoms with E-state index in [2.05, 4.69) is 59.9 Å². The minimum atomic E-state index is -0.363. The SMILES string of the molecule is O=[N+]([O-])c1ccc(Cl)c([C@@H]2Nc3ccc(CSc4ccccc4)cc3[C@@H]3C=CC[C@@H]32)c1. The molecule has 0 aromatic heterocycles. The Bertz CT molecular complexity index is 1170. The molecule has 6 heteroatoms. The van der Waals surface area contributed by atoms with Crippen molar-refractivity contribution in [3.05, 3.63) is 111 Å². The fourth-order valence-corrected chi connectivity index (χ4v) is 5.71. The number of anilines is 1. The third-order valence-electron chi connectivity index (χ3n) is 6.10. The number of hydrogen-bond donors (Lipinski definition) is 1. The maximum atomic E-state index is 11.3. The van der Waals surface area contributed by atoms with E-state index in [-0.39, 0.29) is 28.5 Å². The molecule has 0 radical (unpaired) electrons. The highest BCUT2D eigenvalue weighted by Gasteiger charge is 2.39. The molecule has 0 saturated carbocycles. The molecule has 0 spiro atoms. The molecule has 3 aromatic rings. The van der Waals surface area contributed by atoms with Crippen LogP contribution in [-0.2, 0) is 5.75 Å². The zero-order valence-corrected chi connectivity index (χ0v) is 18.3. The lowest BCUT2D eigenvalue weighted by Gasteiger charge is -2.38. The molecule has 0 unspecified atom stereocenters. The lowest BCUT2D eigenvalue weighted by atomic mass is 9.76. The second-order valence-corrected chi connectivity index (χ2v) is 9.42. The van der Waals surface area contributed by atoms with Crippen LogP contribution in [0.1, 0.15) is 35.1 Å². The summed E-state index contributed by atoms with van der Waals surface area (Å²) in [5.41, 5.74) is 4.53. The Labute approximate surface area is 190 Å². The fourth-order valence-electron chi connectivity index (χ4n) is 4.61. The Morgan fingerprint density at radius 3 is 2.71 bits per heavy atom. The molecule has 1 heterocycles. The highest BCUT2D eigenvalue weighted by molar-refractivity contribution is 7.98. The van der Waals surface area contributed by atoms with E-state index in [0.717, 1.165) is 23.4 Å². The van der Waals surface area contributed by atoms with Crippen molar-refractivity contribution in [1.29, 1.82) is 0 Å². The summed E-state index contributed by atoms with van der Waals surface area (Å²) in [6, 6.07) is 21.7. The second kappa shape index (κ2) is 8.40. The van der Waals surface area contributed by atoms with E-state index in [9.17, 15) is 10.1 Å². The molecule has 1 N–H and O–H groups in total. The Morgan fingerprint density at radius 1 is 1.06 bits per heavy atom. The smallest absolute Gasteiger partial charge is 0.269 e. The predicted octanol–water partition coefficient (Wildman–Crippen LogP) is 7.37. The van der Waals surface area contributed by atoms with Crippen molar-refractivity contribution in [2.75, 3.05) is 5.32 Å². The number of nitro benzene ring substituents is 1. The van der Waals surface area contributed by atoms with E-state index >= 15 is 0 Å². The number of halogens is 1. The summed E-state index contributed by atoms with van der Waals surface area (Å²) in [6.45, 7) is 0. The summed E-state index contributed by atoms with van der Waals surface area (Å²) in [4.78, 5) is 12.2. The van der Waals surface area contributed by atoms with Crippen molar-refractivity contribution >= 4 is 34.7 Å². The molecule has 5 rings (SSSR count). The van der Waals surface area contributed by atoms with Gasteiger partial charge in [0.15, 0.2) is 0 Å². The van der Waals surface area contributed by atoms with Gasteiger partial charge in [-0.05, 0) is 47.7 Å². The number of nitrogens with zero attached hydrogens (tertiary/aromatic N) is 1. The Kier molecular flexibility index (Phi) is 5.47. The van der Waals surface area contributed by atoms with Crippen molar-refractivity contribution in [2.45, 2.75) is 29.0 Å². The first-order valence-corrected chi connectivity index (χ1v) is 11.6. The molecule has 3 aromatic carbocycles. The van der Waals surface area contributed by atoms with Gasteiger partial charge in [-0.2, -0.15) is 0 Å². The van der Waals surface area contributed by atoms with Crippen LogP contribution >= 0.6 is 23.4 Å². The molecule has 0 saturated heterocycles. The Hall–Kier alpha value is -2.76. The van der Waals surface area contributed by atoms with E-state index in [4.69, 9.17) is 11.6 Å². The van der Waals surface area contributed by atoms with Gasteiger partial charge in [-0.25, -0.2) is 0 Å². The van der Waals surface area contributed by atoms with Crippen molar-refractivity contribution in [3.8, 4) is 0 Å². The van der Waals surface area contributed by atoms with Gasteiger partial charge in [0.2, 0.25) is 0 Å². The molecule has 1 aliphatic heterocycles. The quantitative estimate of drug-likeness (QED) is 0.191. The summed E-state index contributed by atoms with van der Waals surface area (Å²) < 4.78 is 0. The first-order chi connectivity index (χ1) is 15.1.